The first-order chi connectivity index (χ1) is 14.5. The van der Waals surface area contributed by atoms with Crippen LogP contribution in [0.1, 0.15) is 50.2 Å². The molecule has 0 spiro atoms. The minimum Gasteiger partial charge on any atom is -0.495 e. The molecule has 0 radical (unpaired) electrons. The third-order valence-electron chi connectivity index (χ3n) is 5.73. The summed E-state index contributed by atoms with van der Waals surface area (Å²) in [7, 11) is -2.19. The van der Waals surface area contributed by atoms with Crippen LogP contribution in [0.4, 0.5) is 0 Å². The molecule has 1 aliphatic carbocycles. The molecule has 0 saturated heterocycles. The molecule has 1 aromatic carbocycles. The van der Waals surface area contributed by atoms with E-state index in [1.165, 1.54) is 18.4 Å². The van der Waals surface area contributed by atoms with Gasteiger partial charge in [-0.05, 0) is 64.7 Å². The molecule has 1 saturated carbocycles. The number of nitrogens with zero attached hydrogens (tertiary/aromatic N) is 3. The van der Waals surface area contributed by atoms with Crippen molar-refractivity contribution in [1.29, 1.82) is 0 Å². The third kappa shape index (κ3) is 3.97. The maximum absolute atomic E-state index is 13.4. The number of sulfone groups is 1. The highest BCUT2D eigenvalue weighted by Gasteiger charge is 2.34. The monoisotopic (exact) mass is 465 g/mol. The highest BCUT2D eigenvalue weighted by Crippen LogP contribution is 2.38. The second-order valence-electron chi connectivity index (χ2n) is 8.55. The van der Waals surface area contributed by atoms with Crippen molar-refractivity contribution >= 4 is 26.1 Å². The van der Waals surface area contributed by atoms with Gasteiger partial charge in [-0.1, -0.05) is 11.3 Å². The van der Waals surface area contributed by atoms with Crippen molar-refractivity contribution in [2.24, 2.45) is 0 Å². The average molecular weight is 466 g/mol. The van der Waals surface area contributed by atoms with Crippen LogP contribution in [-0.2, 0) is 15.4 Å². The highest BCUT2D eigenvalue weighted by molar-refractivity contribution is 7.92. The summed E-state index contributed by atoms with van der Waals surface area (Å²) in [6.07, 6.45) is 1.37. The van der Waals surface area contributed by atoms with Crippen molar-refractivity contribution < 1.29 is 23.4 Å². The van der Waals surface area contributed by atoms with E-state index in [0.717, 1.165) is 5.69 Å². The van der Waals surface area contributed by atoms with Gasteiger partial charge in [0.1, 0.15) is 21.3 Å². The van der Waals surface area contributed by atoms with Crippen molar-refractivity contribution in [2.75, 3.05) is 7.11 Å². The first kappa shape index (κ1) is 22.2. The van der Waals surface area contributed by atoms with E-state index in [1.807, 2.05) is 6.92 Å². The van der Waals surface area contributed by atoms with Gasteiger partial charge in [0.15, 0.2) is 9.84 Å². The van der Waals surface area contributed by atoms with Crippen LogP contribution in [0.25, 0.3) is 16.2 Å². The first-order valence-electron chi connectivity index (χ1n) is 10.2. The molecule has 1 fully saturated rings. The Labute approximate surface area is 185 Å². The maximum atomic E-state index is 13.4. The molecule has 31 heavy (non-hydrogen) atoms. The molecule has 4 rings (SSSR count). The van der Waals surface area contributed by atoms with Gasteiger partial charge in [-0.3, -0.25) is 0 Å². The predicted octanol–water partition coefficient (Wildman–Crippen LogP) is 3.08. The molecule has 2 aromatic heterocycles. The van der Waals surface area contributed by atoms with E-state index in [-0.39, 0.29) is 4.90 Å². The Kier molecular flexibility index (Phi) is 5.61. The molecule has 0 atom stereocenters. The first-order valence-corrected chi connectivity index (χ1v) is 12.6. The second kappa shape index (κ2) is 7.84. The summed E-state index contributed by atoms with van der Waals surface area (Å²) in [5.41, 5.74) is 0.958. The number of aryl methyl sites for hydroxylation is 1. The maximum Gasteiger partial charge on any atom is 0.213 e. The number of rotatable bonds is 5. The van der Waals surface area contributed by atoms with Gasteiger partial charge in [0, 0.05) is 5.56 Å². The van der Waals surface area contributed by atoms with Gasteiger partial charge in [0.25, 0.3) is 0 Å². The normalized spacial score (nSPS) is 20.3. The van der Waals surface area contributed by atoms with E-state index in [0.29, 0.717) is 52.7 Å². The number of aliphatic hydroxyl groups is 2. The molecule has 1 aliphatic rings. The average Bonchev–Trinajstić information content (AvgIpc) is 3.24. The number of ether oxygens (including phenoxy) is 1. The quantitative estimate of drug-likeness (QED) is 0.595. The number of aromatic nitrogens is 3. The van der Waals surface area contributed by atoms with Gasteiger partial charge >= 0.3 is 0 Å². The van der Waals surface area contributed by atoms with Crippen LogP contribution in [0.5, 0.6) is 5.75 Å². The van der Waals surface area contributed by atoms with Crippen LogP contribution in [0.3, 0.4) is 0 Å². The molecule has 0 bridgehead atoms. The molecule has 0 unspecified atom stereocenters. The van der Waals surface area contributed by atoms with Crippen LogP contribution in [0.2, 0.25) is 0 Å². The Bertz CT molecular complexity index is 1220. The van der Waals surface area contributed by atoms with Gasteiger partial charge in [-0.25, -0.2) is 17.9 Å². The number of hydrogen-bond acceptors (Lipinski definition) is 8. The third-order valence-corrected chi connectivity index (χ3v) is 9.23. The highest BCUT2D eigenvalue weighted by atomic mass is 32.2. The van der Waals surface area contributed by atoms with Gasteiger partial charge in [0.2, 0.25) is 4.96 Å². The Morgan fingerprint density at radius 3 is 2.52 bits per heavy atom. The van der Waals surface area contributed by atoms with Crippen molar-refractivity contribution in [3.63, 3.8) is 0 Å². The topological polar surface area (TPSA) is 114 Å². The number of fused-ring (bicyclic) bond motifs is 1. The molecular formula is C21H27N3O5S2. The SMILES string of the molecule is COc1ccc(-c2c(C)nc3sc(C(C)(C)O)nn23)cc1S(=O)(=O)C1CCC(O)CC1. The number of hydrogen-bond donors (Lipinski definition) is 2. The van der Waals surface area contributed by atoms with Crippen molar-refractivity contribution in [3.05, 3.63) is 28.9 Å². The standard InChI is InChI=1S/C21H27N3O5S2/c1-12-18(24-20(22-12)30-19(23-24)21(2,3)26)13-5-10-16(29-4)17(11-13)31(27,28)15-8-6-14(25)7-9-15/h5,10-11,14-15,25-26H,6-9H2,1-4H3. The minimum absolute atomic E-state index is 0.140. The van der Waals surface area contributed by atoms with Crippen molar-refractivity contribution in [2.45, 2.75) is 68.3 Å². The summed E-state index contributed by atoms with van der Waals surface area (Å²) in [5, 5.41) is 24.6. The van der Waals surface area contributed by atoms with Gasteiger partial charge in [-0.15, -0.1) is 0 Å². The number of imidazole rings is 1. The zero-order valence-corrected chi connectivity index (χ0v) is 19.6. The van der Waals surface area contributed by atoms with E-state index >= 15 is 0 Å². The molecule has 0 aliphatic heterocycles. The zero-order valence-electron chi connectivity index (χ0n) is 18.0. The molecule has 2 N–H and O–H groups in total. The molecule has 10 heteroatoms. The minimum atomic E-state index is -3.65. The summed E-state index contributed by atoms with van der Waals surface area (Å²) in [6, 6.07) is 5.07. The fourth-order valence-electron chi connectivity index (χ4n) is 4.01. The van der Waals surface area contributed by atoms with Crippen molar-refractivity contribution in [1.82, 2.24) is 14.6 Å². The van der Waals surface area contributed by atoms with Crippen molar-refractivity contribution in [3.8, 4) is 17.0 Å². The van der Waals surface area contributed by atoms with E-state index < -0.39 is 26.8 Å². The molecular weight excluding hydrogens is 438 g/mol. The number of aliphatic hydroxyl groups excluding tert-OH is 1. The Balaban J connectivity index is 1.83. The lowest BCUT2D eigenvalue weighted by Crippen LogP contribution is -2.29. The number of methoxy groups -OCH3 is 1. The molecule has 2 heterocycles. The van der Waals surface area contributed by atoms with E-state index in [4.69, 9.17) is 4.74 Å². The predicted molar refractivity (Wildman–Crippen MR) is 118 cm³/mol. The Hall–Kier alpha value is -2.01. The summed E-state index contributed by atoms with van der Waals surface area (Å²) in [6.45, 7) is 5.18. The smallest absolute Gasteiger partial charge is 0.213 e. The summed E-state index contributed by atoms with van der Waals surface area (Å²) >= 11 is 1.30. The van der Waals surface area contributed by atoms with Gasteiger partial charge in [0.05, 0.1) is 29.9 Å². The zero-order chi connectivity index (χ0) is 22.6. The fraction of sp³-hybridized carbons (Fsp3) is 0.524. The molecule has 8 nitrogen and oxygen atoms in total. The van der Waals surface area contributed by atoms with E-state index in [1.54, 1.807) is 36.6 Å². The van der Waals surface area contributed by atoms with Crippen LogP contribution in [0, 0.1) is 6.92 Å². The lowest BCUT2D eigenvalue weighted by Gasteiger charge is -2.26. The van der Waals surface area contributed by atoms with Crippen LogP contribution in [0.15, 0.2) is 23.1 Å². The number of benzene rings is 1. The fourth-order valence-corrected chi connectivity index (χ4v) is 6.93. The molecule has 168 valence electrons. The van der Waals surface area contributed by atoms with Gasteiger partial charge < -0.3 is 14.9 Å². The van der Waals surface area contributed by atoms with Crippen LogP contribution < -0.4 is 4.74 Å². The Morgan fingerprint density at radius 1 is 1.23 bits per heavy atom. The van der Waals surface area contributed by atoms with Crippen LogP contribution in [-0.4, -0.2) is 51.7 Å². The summed E-state index contributed by atoms with van der Waals surface area (Å²) in [4.78, 5) is 5.33. The van der Waals surface area contributed by atoms with E-state index in [2.05, 4.69) is 10.1 Å². The largest absolute Gasteiger partial charge is 0.495 e. The second-order valence-corrected chi connectivity index (χ2v) is 11.7. The Morgan fingerprint density at radius 2 is 1.90 bits per heavy atom. The summed E-state index contributed by atoms with van der Waals surface area (Å²) in [5.74, 6) is 0.295. The van der Waals surface area contributed by atoms with Gasteiger partial charge in [-0.2, -0.15) is 5.10 Å². The molecule has 3 aromatic rings. The summed E-state index contributed by atoms with van der Waals surface area (Å²) < 4.78 is 33.9. The van der Waals surface area contributed by atoms with E-state index in [9.17, 15) is 18.6 Å². The lowest BCUT2D eigenvalue weighted by molar-refractivity contribution is 0.0773. The lowest BCUT2D eigenvalue weighted by atomic mass is 9.97. The van der Waals surface area contributed by atoms with Crippen LogP contribution >= 0.6 is 11.3 Å². The molecule has 0 amide bonds.